The van der Waals surface area contributed by atoms with Crippen LogP contribution in [0.25, 0.3) is 0 Å². The summed E-state index contributed by atoms with van der Waals surface area (Å²) in [6.07, 6.45) is 0. The fourth-order valence-electron chi connectivity index (χ4n) is 0. The van der Waals surface area contributed by atoms with Crippen LogP contribution in [-0.2, 0) is 25.2 Å². The summed E-state index contributed by atoms with van der Waals surface area (Å²) < 4.78 is 0. The zero-order valence-electron chi connectivity index (χ0n) is 6.30. The molecule has 0 unspecified atom stereocenters. The summed E-state index contributed by atoms with van der Waals surface area (Å²) in [5.74, 6) is -0.968. The topological polar surface area (TPSA) is 196 Å². The normalized spacial score (nSPS) is 6.07. The van der Waals surface area contributed by atoms with Gasteiger partial charge < -0.3 is 41.5 Å². The van der Waals surface area contributed by atoms with Gasteiger partial charge in [-0.3, -0.25) is 4.79 Å². The van der Waals surface area contributed by atoms with Crippen molar-refractivity contribution in [1.82, 2.24) is 0 Å². The Kier molecular flexibility index (Phi) is 28.7. The Labute approximate surface area is 90.0 Å². The maximum absolute atomic E-state index is 9.24. The van der Waals surface area contributed by atoms with E-state index in [-0.39, 0.29) is 27.0 Å². The summed E-state index contributed by atoms with van der Waals surface area (Å²) in [6.45, 7) is -0.278. The molecule has 11 nitrogen and oxygen atoms in total. The molecule has 0 aromatic rings. The first kappa shape index (κ1) is 22.9. The van der Waals surface area contributed by atoms with Crippen molar-refractivity contribution in [3.05, 3.63) is 30.6 Å². The van der Waals surface area contributed by atoms with Crippen LogP contribution in [0.5, 0.6) is 0 Å². The van der Waals surface area contributed by atoms with Crippen molar-refractivity contribution in [2.24, 2.45) is 5.73 Å². The van der Waals surface area contributed by atoms with Crippen molar-refractivity contribution in [2.75, 3.05) is 6.54 Å². The molecule has 0 rings (SSSR count). The SMILES string of the molecule is NCC(=O)O.O=[N+]([O-])[O-].O=[N+]([O-])[O-].[Pd+2]. The molecule has 0 aliphatic rings. The second kappa shape index (κ2) is 17.5. The molecule has 0 radical (unpaired) electrons. The van der Waals surface area contributed by atoms with Gasteiger partial charge >= 0.3 is 26.4 Å². The number of carboxylic acid groups (broad SMARTS) is 1. The summed E-state index contributed by atoms with van der Waals surface area (Å²) in [4.78, 5) is 25.7. The van der Waals surface area contributed by atoms with Gasteiger partial charge in [0.2, 0.25) is 0 Å². The summed E-state index contributed by atoms with van der Waals surface area (Å²) in [5.41, 5.74) is 4.57. The molecule has 0 amide bonds. The van der Waals surface area contributed by atoms with Gasteiger partial charge in [0.1, 0.15) is 0 Å². The standard InChI is InChI=1S/C2H5NO2.2NO3.Pd/c3-1-2(4)5;2*2-1(3)4;/h1,3H2,(H,4,5);;;/q;2*-1;+2. The Morgan fingerprint density at radius 2 is 1.21 bits per heavy atom. The maximum atomic E-state index is 9.24. The second-order valence-electron chi connectivity index (χ2n) is 1.05. The zero-order valence-corrected chi connectivity index (χ0v) is 7.85. The first-order chi connectivity index (χ1) is 5.73. The predicted molar refractivity (Wildman–Crippen MR) is 37.4 cm³/mol. The Morgan fingerprint density at radius 3 is 1.21 bits per heavy atom. The predicted octanol–water partition coefficient (Wildman–Crippen LogP) is -1.45. The van der Waals surface area contributed by atoms with E-state index in [1.807, 2.05) is 0 Å². The second-order valence-corrected chi connectivity index (χ2v) is 1.05. The Bertz CT molecular complexity index is 152. The van der Waals surface area contributed by atoms with Crippen LogP contribution >= 0.6 is 0 Å². The van der Waals surface area contributed by atoms with E-state index < -0.39 is 16.1 Å². The van der Waals surface area contributed by atoms with Gasteiger partial charge in [-0.15, -0.1) is 0 Å². The molecule has 86 valence electrons. The molecule has 0 aromatic carbocycles. The van der Waals surface area contributed by atoms with Crippen LogP contribution in [0.15, 0.2) is 0 Å². The zero-order chi connectivity index (χ0) is 11.4. The average Bonchev–Trinajstić information content (AvgIpc) is 1.84. The molecule has 0 spiro atoms. The third kappa shape index (κ3) is 3900. The number of rotatable bonds is 1. The Hall–Kier alpha value is -1.51. The molecular formula is C2H5N3O8Pd. The van der Waals surface area contributed by atoms with Gasteiger partial charge in [-0.05, 0) is 0 Å². The third-order valence-electron chi connectivity index (χ3n) is 0.175. The van der Waals surface area contributed by atoms with Gasteiger partial charge in [-0.2, -0.15) is 0 Å². The molecule has 0 atom stereocenters. The van der Waals surface area contributed by atoms with E-state index >= 15 is 0 Å². The maximum Gasteiger partial charge on any atom is 2.00 e. The largest absolute Gasteiger partial charge is 2.00 e. The first-order valence-corrected chi connectivity index (χ1v) is 2.28. The van der Waals surface area contributed by atoms with Crippen LogP contribution in [0.1, 0.15) is 0 Å². The molecule has 0 heterocycles. The monoisotopic (exact) mass is 305 g/mol. The summed E-state index contributed by atoms with van der Waals surface area (Å²) in [5, 5.41) is 37.1. The number of aliphatic carboxylic acids is 1. The fraction of sp³-hybridized carbons (Fsp3) is 0.500. The summed E-state index contributed by atoms with van der Waals surface area (Å²) in [6, 6.07) is 0. The van der Waals surface area contributed by atoms with E-state index in [9.17, 15) is 4.79 Å². The van der Waals surface area contributed by atoms with Crippen molar-refractivity contribution in [3.63, 3.8) is 0 Å². The molecule has 0 aromatic heterocycles. The molecule has 3 N–H and O–H groups in total. The van der Waals surface area contributed by atoms with Gasteiger partial charge in [0.15, 0.2) is 0 Å². The molecule has 0 saturated heterocycles. The van der Waals surface area contributed by atoms with Crippen molar-refractivity contribution in [2.45, 2.75) is 0 Å². The molecule has 0 saturated carbocycles. The minimum absolute atomic E-state index is 0. The minimum atomic E-state index is -1.75. The van der Waals surface area contributed by atoms with E-state index in [0.29, 0.717) is 0 Å². The van der Waals surface area contributed by atoms with Crippen molar-refractivity contribution < 1.29 is 40.5 Å². The van der Waals surface area contributed by atoms with Crippen LogP contribution in [0.2, 0.25) is 0 Å². The summed E-state index contributed by atoms with van der Waals surface area (Å²) >= 11 is 0. The average molecular weight is 305 g/mol. The van der Waals surface area contributed by atoms with Crippen LogP contribution in [-0.4, -0.2) is 27.8 Å². The smallest absolute Gasteiger partial charge is 0.480 e. The van der Waals surface area contributed by atoms with E-state index in [4.69, 9.17) is 35.7 Å². The summed E-state index contributed by atoms with van der Waals surface area (Å²) in [7, 11) is 0. The van der Waals surface area contributed by atoms with E-state index in [1.165, 1.54) is 0 Å². The number of carboxylic acids is 1. The number of nitrogens with two attached hydrogens (primary N) is 1. The van der Waals surface area contributed by atoms with Crippen LogP contribution in [0, 0.1) is 30.6 Å². The number of carbonyl (C=O) groups is 1. The molecule has 0 aliphatic heterocycles. The minimum Gasteiger partial charge on any atom is -0.480 e. The first-order valence-electron chi connectivity index (χ1n) is 2.28. The van der Waals surface area contributed by atoms with E-state index in [2.05, 4.69) is 5.73 Å². The van der Waals surface area contributed by atoms with Gasteiger partial charge in [-0.25, -0.2) is 0 Å². The Balaban J connectivity index is -0.0000000522. The van der Waals surface area contributed by atoms with Gasteiger partial charge in [0.25, 0.3) is 0 Å². The van der Waals surface area contributed by atoms with Gasteiger partial charge in [-0.1, -0.05) is 0 Å². The third-order valence-corrected chi connectivity index (χ3v) is 0.175. The van der Waals surface area contributed by atoms with E-state index in [1.54, 1.807) is 0 Å². The molecule has 14 heavy (non-hydrogen) atoms. The molecular weight excluding hydrogens is 300 g/mol. The van der Waals surface area contributed by atoms with Crippen LogP contribution < -0.4 is 5.73 Å². The van der Waals surface area contributed by atoms with Crippen molar-refractivity contribution in [3.8, 4) is 0 Å². The number of nitrogens with zero attached hydrogens (tertiary/aromatic N) is 2. The van der Waals surface area contributed by atoms with Crippen molar-refractivity contribution in [1.29, 1.82) is 0 Å². The van der Waals surface area contributed by atoms with Crippen molar-refractivity contribution >= 4 is 5.97 Å². The fourth-order valence-corrected chi connectivity index (χ4v) is 0. The van der Waals surface area contributed by atoms with Crippen LogP contribution in [0.3, 0.4) is 0 Å². The molecule has 0 aliphatic carbocycles. The quantitative estimate of drug-likeness (QED) is 0.330. The van der Waals surface area contributed by atoms with Crippen LogP contribution in [0.4, 0.5) is 0 Å². The number of hydrogen-bond donors (Lipinski definition) is 2. The van der Waals surface area contributed by atoms with Gasteiger partial charge in [0, 0.05) is 0 Å². The Morgan fingerprint density at radius 1 is 1.14 bits per heavy atom. The van der Waals surface area contributed by atoms with E-state index in [0.717, 1.165) is 0 Å². The molecule has 0 fully saturated rings. The molecule has 12 heteroatoms. The van der Waals surface area contributed by atoms with Gasteiger partial charge in [0.05, 0.1) is 16.7 Å². The molecule has 0 bridgehead atoms. The number of hydrogen-bond acceptors (Lipinski definition) is 8.